The Kier molecular flexibility index (Phi) is 7.87. The van der Waals surface area contributed by atoms with Gasteiger partial charge in [0.2, 0.25) is 0 Å². The lowest BCUT2D eigenvalue weighted by atomic mass is 9.87. The summed E-state index contributed by atoms with van der Waals surface area (Å²) in [5.74, 6) is 0.852. The number of rotatable bonds is 9. The Balaban J connectivity index is 2.17. The fourth-order valence-corrected chi connectivity index (χ4v) is 1.99. The first-order valence-electron chi connectivity index (χ1n) is 8.11. The minimum absolute atomic E-state index is 0.158. The van der Waals surface area contributed by atoms with E-state index in [-0.39, 0.29) is 5.41 Å². The molecule has 1 aromatic carbocycles. The predicted molar refractivity (Wildman–Crippen MR) is 89.4 cm³/mol. The average molecular weight is 310 g/mol. The molecule has 1 rings (SSSR count). The number of hydrogen-bond acceptors (Lipinski definition) is 3. The minimum Gasteiger partial charge on any atom is -0.491 e. The fraction of sp³-hybridized carbons (Fsp3) is 0.667. The molecule has 0 spiro atoms. The Bertz CT molecular complexity index is 409. The van der Waals surface area contributed by atoms with Gasteiger partial charge in [-0.2, -0.15) is 0 Å². The third kappa shape index (κ3) is 7.78. The van der Waals surface area contributed by atoms with Crippen molar-refractivity contribution < 1.29 is 19.9 Å². The largest absolute Gasteiger partial charge is 0.491 e. The molecule has 1 atom stereocenters. The normalized spacial score (nSPS) is 13.4. The van der Waals surface area contributed by atoms with Crippen LogP contribution >= 0.6 is 0 Å². The Morgan fingerprint density at radius 2 is 1.73 bits per heavy atom. The van der Waals surface area contributed by atoms with E-state index >= 15 is 0 Å². The molecular formula is C18H32NO3+. The smallest absolute Gasteiger partial charge is 0.126 e. The van der Waals surface area contributed by atoms with Crippen molar-refractivity contribution in [1.29, 1.82) is 0 Å². The van der Waals surface area contributed by atoms with Gasteiger partial charge in [0.1, 0.15) is 25.0 Å². The van der Waals surface area contributed by atoms with Crippen LogP contribution in [0.15, 0.2) is 24.3 Å². The Morgan fingerprint density at radius 3 is 2.27 bits per heavy atom. The fourth-order valence-electron chi connectivity index (χ4n) is 1.99. The van der Waals surface area contributed by atoms with E-state index in [0.717, 1.165) is 5.75 Å². The van der Waals surface area contributed by atoms with Crippen molar-refractivity contribution in [2.24, 2.45) is 0 Å². The van der Waals surface area contributed by atoms with Crippen LogP contribution in [0.25, 0.3) is 0 Å². The third-order valence-corrected chi connectivity index (χ3v) is 3.41. The topological polar surface area (TPSA) is 55.3 Å². The monoisotopic (exact) mass is 310 g/mol. The SMILES string of the molecule is CC(C)[NH2+]C[C@@H](O)COCCOc1ccc(C(C)(C)C)cc1. The zero-order valence-corrected chi connectivity index (χ0v) is 14.6. The summed E-state index contributed by atoms with van der Waals surface area (Å²) in [6, 6.07) is 8.68. The summed E-state index contributed by atoms with van der Waals surface area (Å²) < 4.78 is 11.1. The van der Waals surface area contributed by atoms with Gasteiger partial charge >= 0.3 is 0 Å². The summed E-state index contributed by atoms with van der Waals surface area (Å²) in [5, 5.41) is 11.8. The Morgan fingerprint density at radius 1 is 1.09 bits per heavy atom. The maximum absolute atomic E-state index is 9.72. The second kappa shape index (κ2) is 9.13. The summed E-state index contributed by atoms with van der Waals surface area (Å²) >= 11 is 0. The van der Waals surface area contributed by atoms with Crippen molar-refractivity contribution in [1.82, 2.24) is 0 Å². The molecule has 0 unspecified atom stereocenters. The van der Waals surface area contributed by atoms with Crippen molar-refractivity contribution in [3.05, 3.63) is 29.8 Å². The lowest BCUT2D eigenvalue weighted by Crippen LogP contribution is -2.90. The molecule has 0 bridgehead atoms. The first-order chi connectivity index (χ1) is 10.3. The van der Waals surface area contributed by atoms with E-state index in [9.17, 15) is 5.11 Å². The average Bonchev–Trinajstić information content (AvgIpc) is 2.44. The zero-order valence-electron chi connectivity index (χ0n) is 14.6. The van der Waals surface area contributed by atoms with E-state index in [0.29, 0.717) is 32.4 Å². The van der Waals surface area contributed by atoms with Crippen LogP contribution in [-0.4, -0.2) is 43.6 Å². The lowest BCUT2D eigenvalue weighted by Gasteiger charge is -2.19. The number of nitrogens with two attached hydrogens (primary N) is 1. The van der Waals surface area contributed by atoms with Crippen LogP contribution in [0.4, 0.5) is 0 Å². The van der Waals surface area contributed by atoms with Crippen molar-refractivity contribution in [2.45, 2.75) is 52.2 Å². The number of aliphatic hydroxyl groups excluding tert-OH is 1. The van der Waals surface area contributed by atoms with Gasteiger partial charge in [0.15, 0.2) is 0 Å². The number of hydrogen-bond donors (Lipinski definition) is 2. The van der Waals surface area contributed by atoms with Gasteiger partial charge < -0.3 is 19.9 Å². The molecule has 0 amide bonds. The third-order valence-electron chi connectivity index (χ3n) is 3.41. The summed E-state index contributed by atoms with van der Waals surface area (Å²) in [6.07, 6.45) is -0.423. The van der Waals surface area contributed by atoms with E-state index in [1.54, 1.807) is 0 Å². The second-order valence-corrected chi connectivity index (χ2v) is 7.07. The first kappa shape index (κ1) is 18.9. The Labute approximate surface area is 134 Å². The minimum atomic E-state index is -0.423. The van der Waals surface area contributed by atoms with Crippen LogP contribution in [0.1, 0.15) is 40.2 Å². The molecule has 1 aromatic rings. The predicted octanol–water partition coefficient (Wildman–Crippen LogP) is 1.71. The van der Waals surface area contributed by atoms with Gasteiger partial charge in [0, 0.05) is 0 Å². The molecule has 0 saturated carbocycles. The number of benzene rings is 1. The molecule has 0 radical (unpaired) electrons. The second-order valence-electron chi connectivity index (χ2n) is 7.07. The highest BCUT2D eigenvalue weighted by Crippen LogP contribution is 2.24. The molecule has 0 aliphatic carbocycles. The van der Waals surface area contributed by atoms with E-state index in [2.05, 4.69) is 52.1 Å². The van der Waals surface area contributed by atoms with Crippen LogP contribution in [0.3, 0.4) is 0 Å². The summed E-state index contributed by atoms with van der Waals surface area (Å²) in [7, 11) is 0. The molecule has 0 fully saturated rings. The van der Waals surface area contributed by atoms with Crippen molar-refractivity contribution in [3.63, 3.8) is 0 Å². The molecule has 0 heterocycles. The zero-order chi connectivity index (χ0) is 16.6. The molecule has 0 aliphatic rings. The van der Waals surface area contributed by atoms with Crippen LogP contribution in [0, 0.1) is 0 Å². The molecular weight excluding hydrogens is 278 g/mol. The highest BCUT2D eigenvalue weighted by molar-refractivity contribution is 5.31. The standard InChI is InChI=1S/C18H31NO3/c1-14(2)19-12-16(20)13-21-10-11-22-17-8-6-15(7-9-17)18(3,4)5/h6-9,14,16,19-20H,10-13H2,1-5H3/p+1/t16-/m1/s1. The quantitative estimate of drug-likeness (QED) is 0.683. The maximum Gasteiger partial charge on any atom is 0.126 e. The summed E-state index contributed by atoms with van der Waals surface area (Å²) in [4.78, 5) is 0. The van der Waals surface area contributed by atoms with Crippen LogP contribution in [0.2, 0.25) is 0 Å². The van der Waals surface area contributed by atoms with Gasteiger partial charge in [-0.25, -0.2) is 0 Å². The van der Waals surface area contributed by atoms with E-state index < -0.39 is 6.10 Å². The van der Waals surface area contributed by atoms with Gasteiger partial charge in [-0.1, -0.05) is 32.9 Å². The molecule has 0 saturated heterocycles. The number of quaternary nitrogens is 1. The van der Waals surface area contributed by atoms with Crippen molar-refractivity contribution >= 4 is 0 Å². The van der Waals surface area contributed by atoms with Crippen molar-refractivity contribution in [3.8, 4) is 5.75 Å². The van der Waals surface area contributed by atoms with Gasteiger partial charge in [0.25, 0.3) is 0 Å². The molecule has 3 N–H and O–H groups in total. The van der Waals surface area contributed by atoms with E-state index in [1.807, 2.05) is 12.1 Å². The maximum atomic E-state index is 9.72. The van der Waals surface area contributed by atoms with Crippen LogP contribution in [-0.2, 0) is 10.2 Å². The van der Waals surface area contributed by atoms with E-state index in [4.69, 9.17) is 9.47 Å². The lowest BCUT2D eigenvalue weighted by molar-refractivity contribution is -0.688. The highest BCUT2D eigenvalue weighted by Gasteiger charge is 2.13. The number of ether oxygens (including phenoxy) is 2. The molecule has 0 aromatic heterocycles. The first-order valence-corrected chi connectivity index (χ1v) is 8.11. The molecule has 126 valence electrons. The van der Waals surface area contributed by atoms with Crippen molar-refractivity contribution in [2.75, 3.05) is 26.4 Å². The van der Waals surface area contributed by atoms with Crippen LogP contribution in [0.5, 0.6) is 5.75 Å². The summed E-state index contributed by atoms with van der Waals surface area (Å²) in [5.41, 5.74) is 1.45. The molecule has 0 aliphatic heterocycles. The van der Waals surface area contributed by atoms with Gasteiger partial charge in [0.05, 0.1) is 19.3 Å². The Hall–Kier alpha value is -1.10. The van der Waals surface area contributed by atoms with Crippen LogP contribution < -0.4 is 10.1 Å². The highest BCUT2D eigenvalue weighted by atomic mass is 16.5. The van der Waals surface area contributed by atoms with Gasteiger partial charge in [-0.3, -0.25) is 0 Å². The molecule has 22 heavy (non-hydrogen) atoms. The number of aliphatic hydroxyl groups is 1. The molecule has 4 heteroatoms. The molecule has 4 nitrogen and oxygen atoms in total. The summed E-state index contributed by atoms with van der Waals surface area (Å²) in [6.45, 7) is 12.8. The van der Waals surface area contributed by atoms with Gasteiger partial charge in [-0.05, 0) is 37.0 Å². The van der Waals surface area contributed by atoms with E-state index in [1.165, 1.54) is 5.56 Å². The van der Waals surface area contributed by atoms with Gasteiger partial charge in [-0.15, -0.1) is 0 Å².